The lowest BCUT2D eigenvalue weighted by molar-refractivity contribution is 0.340. The molecule has 15 heavy (non-hydrogen) atoms. The molecule has 1 aliphatic rings. The fourth-order valence-corrected chi connectivity index (χ4v) is 2.66. The molecule has 86 valence electrons. The summed E-state index contributed by atoms with van der Waals surface area (Å²) in [5, 5.41) is 3.67. The first-order chi connectivity index (χ1) is 7.29. The molecule has 0 spiro atoms. The molecule has 3 atom stereocenters. The summed E-state index contributed by atoms with van der Waals surface area (Å²) in [4.78, 5) is 0. The molecule has 1 fully saturated rings. The molecular formula is C14H25N. The van der Waals surface area contributed by atoms with E-state index in [0.29, 0.717) is 0 Å². The smallest absolute Gasteiger partial charge is 0.00954 e. The lowest BCUT2D eigenvalue weighted by Crippen LogP contribution is -2.33. The Morgan fingerprint density at radius 3 is 2.80 bits per heavy atom. The minimum atomic E-state index is 0.768. The molecule has 1 nitrogen and oxygen atoms in total. The second-order valence-corrected chi connectivity index (χ2v) is 4.72. The van der Waals surface area contributed by atoms with E-state index in [-0.39, 0.29) is 0 Å². The zero-order valence-corrected chi connectivity index (χ0v) is 10.5. The normalized spacial score (nSPS) is 29.9. The minimum Gasteiger partial charge on any atom is -0.314 e. The van der Waals surface area contributed by atoms with Crippen LogP contribution in [0.4, 0.5) is 0 Å². The van der Waals surface area contributed by atoms with E-state index in [0.717, 1.165) is 24.3 Å². The average Bonchev–Trinajstić information content (AvgIpc) is 2.58. The van der Waals surface area contributed by atoms with Crippen LogP contribution in [0.3, 0.4) is 0 Å². The van der Waals surface area contributed by atoms with Crippen LogP contribution in [0, 0.1) is 23.7 Å². The Bertz CT molecular complexity index is 223. The van der Waals surface area contributed by atoms with Gasteiger partial charge in [0, 0.05) is 12.5 Å². The maximum atomic E-state index is 3.67. The molecule has 1 saturated carbocycles. The Balaban J connectivity index is 2.27. The van der Waals surface area contributed by atoms with Crippen LogP contribution in [0.15, 0.2) is 0 Å². The number of rotatable bonds is 5. The Morgan fingerprint density at radius 2 is 2.13 bits per heavy atom. The van der Waals surface area contributed by atoms with Crippen LogP contribution in [0.5, 0.6) is 0 Å². The lowest BCUT2D eigenvalue weighted by Gasteiger charge is -2.21. The summed E-state index contributed by atoms with van der Waals surface area (Å²) in [6.45, 7) is 7.76. The van der Waals surface area contributed by atoms with Gasteiger partial charge in [-0.15, -0.1) is 11.8 Å². The van der Waals surface area contributed by atoms with E-state index in [4.69, 9.17) is 0 Å². The fourth-order valence-electron chi connectivity index (χ4n) is 2.66. The Hall–Kier alpha value is -0.480. The molecule has 0 radical (unpaired) electrons. The van der Waals surface area contributed by atoms with Gasteiger partial charge in [0.25, 0.3) is 0 Å². The second kappa shape index (κ2) is 6.90. The highest BCUT2D eigenvalue weighted by Crippen LogP contribution is 2.34. The third kappa shape index (κ3) is 3.87. The molecule has 0 aromatic carbocycles. The monoisotopic (exact) mass is 207 g/mol. The van der Waals surface area contributed by atoms with Gasteiger partial charge in [0.2, 0.25) is 0 Å². The molecule has 1 N–H and O–H groups in total. The standard InChI is InChI=1S/C14H25N/c1-4-6-7-8-13-9-10-14(12(13)3)15-11-5-2/h12-15H,5,7-11H2,1-3H3. The summed E-state index contributed by atoms with van der Waals surface area (Å²) < 4.78 is 0. The number of hydrogen-bond acceptors (Lipinski definition) is 1. The fraction of sp³-hybridized carbons (Fsp3) is 0.857. The van der Waals surface area contributed by atoms with Crippen LogP contribution in [0.25, 0.3) is 0 Å². The zero-order valence-electron chi connectivity index (χ0n) is 10.5. The zero-order chi connectivity index (χ0) is 11.1. The van der Waals surface area contributed by atoms with Gasteiger partial charge in [-0.2, -0.15) is 0 Å². The molecule has 0 heterocycles. The molecular weight excluding hydrogens is 182 g/mol. The lowest BCUT2D eigenvalue weighted by atomic mass is 9.91. The van der Waals surface area contributed by atoms with Gasteiger partial charge in [-0.3, -0.25) is 0 Å². The third-order valence-corrected chi connectivity index (χ3v) is 3.70. The highest BCUT2D eigenvalue weighted by atomic mass is 14.9. The van der Waals surface area contributed by atoms with Crippen LogP contribution in [-0.2, 0) is 0 Å². The largest absolute Gasteiger partial charge is 0.314 e. The molecule has 0 aliphatic heterocycles. The maximum absolute atomic E-state index is 3.67. The molecule has 0 aromatic rings. The number of nitrogens with one attached hydrogen (secondary N) is 1. The van der Waals surface area contributed by atoms with Gasteiger partial charge in [0.1, 0.15) is 0 Å². The van der Waals surface area contributed by atoms with Crippen molar-refractivity contribution >= 4 is 0 Å². The predicted octanol–water partition coefficient (Wildman–Crippen LogP) is 3.20. The predicted molar refractivity (Wildman–Crippen MR) is 66.7 cm³/mol. The van der Waals surface area contributed by atoms with Crippen LogP contribution >= 0.6 is 0 Å². The van der Waals surface area contributed by atoms with Crippen molar-refractivity contribution in [2.75, 3.05) is 6.54 Å². The van der Waals surface area contributed by atoms with Gasteiger partial charge in [0.05, 0.1) is 0 Å². The highest BCUT2D eigenvalue weighted by Gasteiger charge is 2.31. The molecule has 1 rings (SSSR count). The summed E-state index contributed by atoms with van der Waals surface area (Å²) in [5.74, 6) is 7.92. The van der Waals surface area contributed by atoms with Crippen molar-refractivity contribution in [3.05, 3.63) is 0 Å². The van der Waals surface area contributed by atoms with Gasteiger partial charge in [-0.25, -0.2) is 0 Å². The first kappa shape index (κ1) is 12.6. The van der Waals surface area contributed by atoms with E-state index >= 15 is 0 Å². The van der Waals surface area contributed by atoms with Gasteiger partial charge in [-0.05, 0) is 51.0 Å². The van der Waals surface area contributed by atoms with Gasteiger partial charge < -0.3 is 5.32 Å². The van der Waals surface area contributed by atoms with Crippen LogP contribution in [0.1, 0.15) is 52.9 Å². The van der Waals surface area contributed by atoms with Crippen LogP contribution in [-0.4, -0.2) is 12.6 Å². The van der Waals surface area contributed by atoms with E-state index in [2.05, 4.69) is 31.0 Å². The highest BCUT2D eigenvalue weighted by molar-refractivity contribution is 4.96. The first-order valence-corrected chi connectivity index (χ1v) is 6.42. The average molecular weight is 207 g/mol. The van der Waals surface area contributed by atoms with E-state index in [1.54, 1.807) is 0 Å². The summed E-state index contributed by atoms with van der Waals surface area (Å²) >= 11 is 0. The van der Waals surface area contributed by atoms with E-state index < -0.39 is 0 Å². The molecule has 1 heteroatoms. The third-order valence-electron chi connectivity index (χ3n) is 3.70. The Kier molecular flexibility index (Phi) is 5.79. The summed E-state index contributed by atoms with van der Waals surface area (Å²) in [5.41, 5.74) is 0. The quantitative estimate of drug-likeness (QED) is 0.683. The first-order valence-electron chi connectivity index (χ1n) is 6.42. The van der Waals surface area contributed by atoms with Crippen LogP contribution < -0.4 is 5.32 Å². The van der Waals surface area contributed by atoms with Gasteiger partial charge >= 0.3 is 0 Å². The summed E-state index contributed by atoms with van der Waals surface area (Å²) in [7, 11) is 0. The van der Waals surface area contributed by atoms with E-state index in [9.17, 15) is 0 Å². The van der Waals surface area contributed by atoms with Crippen molar-refractivity contribution in [1.29, 1.82) is 0 Å². The Labute approximate surface area is 95.0 Å². The topological polar surface area (TPSA) is 12.0 Å². The molecule has 3 unspecified atom stereocenters. The molecule has 1 aliphatic carbocycles. The van der Waals surface area contributed by atoms with Crippen LogP contribution in [0.2, 0.25) is 0 Å². The molecule has 0 amide bonds. The molecule has 0 saturated heterocycles. The van der Waals surface area contributed by atoms with Gasteiger partial charge in [0.15, 0.2) is 0 Å². The number of hydrogen-bond donors (Lipinski definition) is 1. The second-order valence-electron chi connectivity index (χ2n) is 4.72. The minimum absolute atomic E-state index is 0.768. The summed E-state index contributed by atoms with van der Waals surface area (Å²) in [6, 6.07) is 0.768. The van der Waals surface area contributed by atoms with Crippen molar-refractivity contribution in [1.82, 2.24) is 5.32 Å². The molecule has 0 bridgehead atoms. The molecule has 0 aromatic heterocycles. The maximum Gasteiger partial charge on any atom is 0.00954 e. The van der Waals surface area contributed by atoms with Gasteiger partial charge in [-0.1, -0.05) is 13.8 Å². The van der Waals surface area contributed by atoms with E-state index in [1.165, 1.54) is 32.2 Å². The van der Waals surface area contributed by atoms with Crippen molar-refractivity contribution in [2.45, 2.75) is 58.9 Å². The van der Waals surface area contributed by atoms with Crippen molar-refractivity contribution in [3.63, 3.8) is 0 Å². The van der Waals surface area contributed by atoms with Crippen molar-refractivity contribution in [3.8, 4) is 11.8 Å². The van der Waals surface area contributed by atoms with Crippen molar-refractivity contribution in [2.24, 2.45) is 11.8 Å². The van der Waals surface area contributed by atoms with E-state index in [1.807, 2.05) is 6.92 Å². The van der Waals surface area contributed by atoms with Crippen molar-refractivity contribution < 1.29 is 0 Å². The Morgan fingerprint density at radius 1 is 1.33 bits per heavy atom. The summed E-state index contributed by atoms with van der Waals surface area (Å²) in [6.07, 6.45) is 6.40. The SMILES string of the molecule is CC#CCCC1CCC(NCCC)C1C.